The van der Waals surface area contributed by atoms with E-state index in [0.717, 1.165) is 47.7 Å². The molecule has 0 N–H and O–H groups in total. The molecule has 1 aliphatic heterocycles. The third-order valence-electron chi connectivity index (χ3n) is 7.56. The summed E-state index contributed by atoms with van der Waals surface area (Å²) in [4.78, 5) is 31.6. The molecule has 1 saturated heterocycles. The number of pyridine rings is 1. The quantitative estimate of drug-likeness (QED) is 0.478. The Balaban J connectivity index is 1.26. The maximum atomic E-state index is 13.9. The van der Waals surface area contributed by atoms with Gasteiger partial charge in [-0.1, -0.05) is 37.3 Å². The van der Waals surface area contributed by atoms with Crippen LogP contribution in [0.4, 0.5) is 9.18 Å². The van der Waals surface area contributed by atoms with Crippen molar-refractivity contribution in [3.63, 3.8) is 0 Å². The Hall–Kier alpha value is -3.28. The third kappa shape index (κ3) is 4.41. The van der Waals surface area contributed by atoms with Crippen molar-refractivity contribution in [1.29, 1.82) is 0 Å². The van der Waals surface area contributed by atoms with E-state index in [-0.39, 0.29) is 36.2 Å². The van der Waals surface area contributed by atoms with Gasteiger partial charge >= 0.3 is 6.09 Å². The van der Waals surface area contributed by atoms with Crippen molar-refractivity contribution < 1.29 is 18.7 Å². The minimum Gasteiger partial charge on any atom is -0.447 e. The summed E-state index contributed by atoms with van der Waals surface area (Å²) >= 11 is 0. The standard InChI is InChI=1S/C28H29FN2O3/c1-18(27(32)31-23(17-34-28(31)33)15-19-5-3-2-4-6-19)20-7-9-21(10-8-20)24-13-14-30-26-12-11-22(29)16-25(24)26/h2-6,11-14,16,18,20-21,23H,7-10,15,17H2,1H3. The van der Waals surface area contributed by atoms with E-state index in [9.17, 15) is 14.0 Å². The van der Waals surface area contributed by atoms with Gasteiger partial charge < -0.3 is 4.74 Å². The number of halogens is 1. The molecule has 2 heterocycles. The number of hydrogen-bond donors (Lipinski definition) is 0. The molecule has 1 aliphatic carbocycles. The number of amides is 2. The molecule has 176 valence electrons. The van der Waals surface area contributed by atoms with E-state index in [1.54, 1.807) is 18.3 Å². The number of cyclic esters (lactones) is 1. The van der Waals surface area contributed by atoms with E-state index >= 15 is 0 Å². The van der Waals surface area contributed by atoms with Gasteiger partial charge in [-0.2, -0.15) is 0 Å². The fraction of sp³-hybridized carbons (Fsp3) is 0.393. The third-order valence-corrected chi connectivity index (χ3v) is 7.56. The summed E-state index contributed by atoms with van der Waals surface area (Å²) in [5.41, 5.74) is 3.02. The number of nitrogens with zero attached hydrogens (tertiary/aromatic N) is 2. The Morgan fingerprint density at radius 3 is 2.65 bits per heavy atom. The zero-order chi connectivity index (χ0) is 23.7. The normalized spacial score (nSPS) is 23.6. The molecule has 2 aromatic carbocycles. The molecule has 34 heavy (non-hydrogen) atoms. The fourth-order valence-electron chi connectivity index (χ4n) is 5.61. The molecule has 2 aliphatic rings. The van der Waals surface area contributed by atoms with Crippen molar-refractivity contribution in [2.24, 2.45) is 11.8 Å². The molecule has 2 unspecified atom stereocenters. The summed E-state index contributed by atoms with van der Waals surface area (Å²) in [5.74, 6) is -0.121. The van der Waals surface area contributed by atoms with Gasteiger partial charge in [0, 0.05) is 17.5 Å². The number of fused-ring (bicyclic) bond motifs is 1. The number of hydrogen-bond acceptors (Lipinski definition) is 4. The highest BCUT2D eigenvalue weighted by molar-refractivity contribution is 5.94. The van der Waals surface area contributed by atoms with E-state index in [1.165, 1.54) is 11.0 Å². The van der Waals surface area contributed by atoms with Gasteiger partial charge in [-0.15, -0.1) is 0 Å². The minimum atomic E-state index is -0.531. The van der Waals surface area contributed by atoms with Gasteiger partial charge in [-0.3, -0.25) is 9.78 Å². The zero-order valence-electron chi connectivity index (χ0n) is 19.3. The molecule has 1 aromatic heterocycles. The van der Waals surface area contributed by atoms with Crippen molar-refractivity contribution >= 4 is 22.9 Å². The number of ether oxygens (including phenoxy) is 1. The Morgan fingerprint density at radius 2 is 1.88 bits per heavy atom. The molecule has 3 aromatic rings. The number of rotatable bonds is 5. The Morgan fingerprint density at radius 1 is 1.12 bits per heavy atom. The smallest absolute Gasteiger partial charge is 0.416 e. The van der Waals surface area contributed by atoms with Crippen LogP contribution in [0, 0.1) is 17.7 Å². The van der Waals surface area contributed by atoms with Crippen molar-refractivity contribution in [2.45, 2.75) is 51.0 Å². The van der Waals surface area contributed by atoms with Crippen LogP contribution < -0.4 is 0 Å². The molecule has 0 spiro atoms. The van der Waals surface area contributed by atoms with E-state index < -0.39 is 6.09 Å². The summed E-state index contributed by atoms with van der Waals surface area (Å²) in [6.45, 7) is 2.18. The SMILES string of the molecule is CC(C(=O)N1C(=O)OCC1Cc1ccccc1)C1CCC(c2ccnc3ccc(F)cc23)CC1. The topological polar surface area (TPSA) is 59.5 Å². The average Bonchev–Trinajstić information content (AvgIpc) is 3.23. The molecule has 6 heteroatoms. The van der Waals surface area contributed by atoms with Crippen LogP contribution in [0.5, 0.6) is 0 Å². The predicted octanol–water partition coefficient (Wildman–Crippen LogP) is 5.87. The highest BCUT2D eigenvalue weighted by Gasteiger charge is 2.42. The summed E-state index contributed by atoms with van der Waals surface area (Å²) in [5, 5.41) is 0.874. The van der Waals surface area contributed by atoms with Crippen LogP contribution in [-0.2, 0) is 16.0 Å². The van der Waals surface area contributed by atoms with Crippen LogP contribution in [0.2, 0.25) is 0 Å². The van der Waals surface area contributed by atoms with Gasteiger partial charge in [-0.25, -0.2) is 14.1 Å². The summed E-state index contributed by atoms with van der Waals surface area (Å²) < 4.78 is 19.1. The van der Waals surface area contributed by atoms with Gasteiger partial charge in [0.1, 0.15) is 12.4 Å². The highest BCUT2D eigenvalue weighted by atomic mass is 19.1. The van der Waals surface area contributed by atoms with Crippen LogP contribution in [-0.4, -0.2) is 34.5 Å². The lowest BCUT2D eigenvalue weighted by atomic mass is 9.73. The summed E-state index contributed by atoms with van der Waals surface area (Å²) in [6, 6.07) is 16.3. The Labute approximate surface area is 198 Å². The Kier molecular flexibility index (Phi) is 6.31. The average molecular weight is 461 g/mol. The molecule has 0 bridgehead atoms. The maximum Gasteiger partial charge on any atom is 0.416 e. The van der Waals surface area contributed by atoms with Crippen LogP contribution in [0.3, 0.4) is 0 Å². The molecule has 2 atom stereocenters. The van der Waals surface area contributed by atoms with Crippen molar-refractivity contribution in [3.05, 3.63) is 77.7 Å². The van der Waals surface area contributed by atoms with Crippen LogP contribution in [0.1, 0.15) is 49.7 Å². The number of benzene rings is 2. The molecule has 5 nitrogen and oxygen atoms in total. The van der Waals surface area contributed by atoms with E-state index in [1.807, 2.05) is 43.3 Å². The molecule has 1 saturated carbocycles. The maximum absolute atomic E-state index is 13.9. The number of imide groups is 1. The second-order valence-corrected chi connectivity index (χ2v) is 9.59. The van der Waals surface area contributed by atoms with Gasteiger partial charge in [-0.05, 0) is 79.3 Å². The second kappa shape index (κ2) is 9.53. The first-order valence-corrected chi connectivity index (χ1v) is 12.1. The molecular formula is C28H29FN2O3. The minimum absolute atomic E-state index is 0.136. The lowest BCUT2D eigenvalue weighted by Gasteiger charge is -2.34. The van der Waals surface area contributed by atoms with Gasteiger partial charge in [0.05, 0.1) is 11.6 Å². The molecular weight excluding hydrogens is 431 g/mol. The van der Waals surface area contributed by atoms with Crippen molar-refractivity contribution in [2.75, 3.05) is 6.61 Å². The van der Waals surface area contributed by atoms with E-state index in [2.05, 4.69) is 4.98 Å². The molecule has 5 rings (SSSR count). The Bertz CT molecular complexity index is 1190. The van der Waals surface area contributed by atoms with Crippen molar-refractivity contribution in [1.82, 2.24) is 9.88 Å². The number of carbonyl (C=O) groups is 2. The fourth-order valence-corrected chi connectivity index (χ4v) is 5.61. The van der Waals surface area contributed by atoms with E-state index in [4.69, 9.17) is 4.74 Å². The second-order valence-electron chi connectivity index (χ2n) is 9.59. The first-order valence-electron chi connectivity index (χ1n) is 12.1. The zero-order valence-corrected chi connectivity index (χ0v) is 19.3. The number of carbonyl (C=O) groups excluding carboxylic acids is 2. The van der Waals surface area contributed by atoms with Crippen LogP contribution in [0.25, 0.3) is 10.9 Å². The van der Waals surface area contributed by atoms with Gasteiger partial charge in [0.25, 0.3) is 0 Å². The molecule has 2 amide bonds. The monoisotopic (exact) mass is 460 g/mol. The highest BCUT2D eigenvalue weighted by Crippen LogP contribution is 2.41. The lowest BCUT2D eigenvalue weighted by Crippen LogP contribution is -2.45. The first-order chi connectivity index (χ1) is 16.5. The van der Waals surface area contributed by atoms with Crippen molar-refractivity contribution in [3.8, 4) is 0 Å². The predicted molar refractivity (Wildman–Crippen MR) is 128 cm³/mol. The summed E-state index contributed by atoms with van der Waals surface area (Å²) in [7, 11) is 0. The molecule has 0 radical (unpaired) electrons. The number of aromatic nitrogens is 1. The van der Waals surface area contributed by atoms with Crippen LogP contribution >= 0.6 is 0 Å². The van der Waals surface area contributed by atoms with Crippen LogP contribution in [0.15, 0.2) is 60.8 Å². The van der Waals surface area contributed by atoms with E-state index in [0.29, 0.717) is 12.3 Å². The van der Waals surface area contributed by atoms with Gasteiger partial charge in [0.15, 0.2) is 0 Å². The molecule has 2 fully saturated rings. The lowest BCUT2D eigenvalue weighted by molar-refractivity contribution is -0.135. The first kappa shape index (κ1) is 22.5. The largest absolute Gasteiger partial charge is 0.447 e. The van der Waals surface area contributed by atoms with Gasteiger partial charge in [0.2, 0.25) is 5.91 Å². The summed E-state index contributed by atoms with van der Waals surface area (Å²) in [6.07, 6.45) is 5.50.